The minimum Gasteiger partial charge on any atom is -0.393 e. The third-order valence-corrected chi connectivity index (χ3v) is 6.79. The summed E-state index contributed by atoms with van der Waals surface area (Å²) in [6.45, 7) is 2.79. The van der Waals surface area contributed by atoms with E-state index in [1.807, 2.05) is 6.92 Å². The molecule has 6 atom stereocenters. The van der Waals surface area contributed by atoms with Crippen molar-refractivity contribution in [2.75, 3.05) is 6.54 Å². The number of nitrogens with zero attached hydrogens (tertiary/aromatic N) is 1. The first kappa shape index (κ1) is 14.0. The van der Waals surface area contributed by atoms with Gasteiger partial charge in [-0.05, 0) is 69.1 Å². The minimum absolute atomic E-state index is 0.291. The fourth-order valence-electron chi connectivity index (χ4n) is 5.95. The molecule has 1 N–H and O–H groups in total. The highest BCUT2D eigenvalue weighted by atomic mass is 16.3. The van der Waals surface area contributed by atoms with Crippen molar-refractivity contribution in [1.82, 2.24) is 4.90 Å². The molecule has 3 nitrogen and oxygen atoms in total. The number of fused-ring (bicyclic) bond motifs is 5. The van der Waals surface area contributed by atoms with Gasteiger partial charge in [0.25, 0.3) is 0 Å². The standard InChI is InChI=1S/C18H29NO2/c1-11(20)9-14-5-3-2-4-8-19(14)18(21)17-15-12-6-7-13(10-12)16(15)17/h11-17,20H,2-10H2,1H3. The number of aliphatic hydroxyl groups excluding tert-OH is 1. The summed E-state index contributed by atoms with van der Waals surface area (Å²) in [5.74, 6) is 4.05. The molecule has 4 aliphatic rings. The Labute approximate surface area is 128 Å². The number of carbonyl (C=O) groups is 1. The van der Waals surface area contributed by atoms with E-state index < -0.39 is 0 Å². The van der Waals surface area contributed by atoms with Gasteiger partial charge in [0.05, 0.1) is 6.10 Å². The summed E-state index contributed by atoms with van der Waals surface area (Å²) in [5, 5.41) is 9.77. The van der Waals surface area contributed by atoms with Crippen molar-refractivity contribution < 1.29 is 9.90 Å². The van der Waals surface area contributed by atoms with Crippen LogP contribution in [0.15, 0.2) is 0 Å². The summed E-state index contributed by atoms with van der Waals surface area (Å²) < 4.78 is 0. The number of amides is 1. The van der Waals surface area contributed by atoms with Gasteiger partial charge in [-0.1, -0.05) is 12.8 Å². The van der Waals surface area contributed by atoms with Crippen LogP contribution in [0.1, 0.15) is 58.3 Å². The average molecular weight is 291 g/mol. The van der Waals surface area contributed by atoms with E-state index in [0.717, 1.165) is 49.5 Å². The lowest BCUT2D eigenvalue weighted by molar-refractivity contribution is -0.136. The van der Waals surface area contributed by atoms with E-state index in [4.69, 9.17) is 0 Å². The molecule has 0 aromatic carbocycles. The van der Waals surface area contributed by atoms with Crippen LogP contribution >= 0.6 is 0 Å². The highest BCUT2D eigenvalue weighted by molar-refractivity contribution is 5.83. The predicted molar refractivity (Wildman–Crippen MR) is 81.6 cm³/mol. The van der Waals surface area contributed by atoms with Crippen LogP contribution in [0.4, 0.5) is 0 Å². The van der Waals surface area contributed by atoms with Gasteiger partial charge in [-0.2, -0.15) is 0 Å². The SMILES string of the molecule is CC(O)CC1CCCCCN1C(=O)C1C2C3CCC(C3)C12. The fourth-order valence-corrected chi connectivity index (χ4v) is 5.95. The van der Waals surface area contributed by atoms with Crippen LogP contribution in [0.25, 0.3) is 0 Å². The van der Waals surface area contributed by atoms with E-state index in [2.05, 4.69) is 4.90 Å². The lowest BCUT2D eigenvalue weighted by atomic mass is 9.99. The van der Waals surface area contributed by atoms with Gasteiger partial charge in [0.15, 0.2) is 0 Å². The molecule has 1 amide bonds. The highest BCUT2D eigenvalue weighted by Crippen LogP contribution is 2.69. The Hall–Kier alpha value is -0.570. The molecule has 6 unspecified atom stereocenters. The quantitative estimate of drug-likeness (QED) is 0.868. The van der Waals surface area contributed by atoms with Crippen LogP contribution in [0.5, 0.6) is 0 Å². The average Bonchev–Trinajstić information content (AvgIpc) is 3.00. The number of carbonyl (C=O) groups excluding carboxylic acids is 1. The van der Waals surface area contributed by atoms with E-state index in [1.54, 1.807) is 0 Å². The Kier molecular flexibility index (Phi) is 3.52. The first-order chi connectivity index (χ1) is 10.2. The normalized spacial score (nSPS) is 46.1. The zero-order chi connectivity index (χ0) is 14.6. The Balaban J connectivity index is 1.47. The van der Waals surface area contributed by atoms with Crippen LogP contribution in [0.3, 0.4) is 0 Å². The van der Waals surface area contributed by atoms with Gasteiger partial charge in [-0.3, -0.25) is 4.79 Å². The molecular formula is C18H29NO2. The smallest absolute Gasteiger partial charge is 0.226 e. The van der Waals surface area contributed by atoms with Crippen LogP contribution in [0, 0.1) is 29.6 Å². The van der Waals surface area contributed by atoms with E-state index in [1.165, 1.54) is 32.1 Å². The molecule has 3 aliphatic carbocycles. The van der Waals surface area contributed by atoms with Crippen molar-refractivity contribution in [2.24, 2.45) is 29.6 Å². The lowest BCUT2D eigenvalue weighted by Crippen LogP contribution is -2.43. The molecule has 4 fully saturated rings. The number of hydrogen-bond acceptors (Lipinski definition) is 2. The van der Waals surface area contributed by atoms with Gasteiger partial charge in [0.1, 0.15) is 0 Å². The first-order valence-electron chi connectivity index (χ1n) is 9.15. The van der Waals surface area contributed by atoms with Crippen molar-refractivity contribution in [2.45, 2.75) is 70.4 Å². The number of aliphatic hydroxyl groups is 1. The van der Waals surface area contributed by atoms with Crippen molar-refractivity contribution in [1.29, 1.82) is 0 Å². The molecule has 118 valence electrons. The third-order valence-electron chi connectivity index (χ3n) is 6.79. The molecule has 2 bridgehead atoms. The summed E-state index contributed by atoms with van der Waals surface area (Å²) >= 11 is 0. The summed E-state index contributed by atoms with van der Waals surface area (Å²) in [4.78, 5) is 15.3. The predicted octanol–water partition coefficient (Wildman–Crippen LogP) is 2.82. The molecule has 0 aromatic heterocycles. The number of rotatable bonds is 3. The molecular weight excluding hydrogens is 262 g/mol. The Bertz CT molecular complexity index is 405. The minimum atomic E-state index is -0.293. The Morgan fingerprint density at radius 2 is 1.86 bits per heavy atom. The molecule has 0 radical (unpaired) electrons. The molecule has 0 aromatic rings. The number of hydrogen-bond donors (Lipinski definition) is 1. The maximum Gasteiger partial charge on any atom is 0.226 e. The van der Waals surface area contributed by atoms with E-state index in [9.17, 15) is 9.90 Å². The molecule has 1 aliphatic heterocycles. The molecule has 3 saturated carbocycles. The van der Waals surface area contributed by atoms with Gasteiger partial charge < -0.3 is 10.0 Å². The van der Waals surface area contributed by atoms with Gasteiger partial charge >= 0.3 is 0 Å². The fraction of sp³-hybridized carbons (Fsp3) is 0.944. The molecule has 3 heteroatoms. The molecule has 4 rings (SSSR count). The van der Waals surface area contributed by atoms with E-state index in [-0.39, 0.29) is 6.10 Å². The van der Waals surface area contributed by atoms with Crippen LogP contribution < -0.4 is 0 Å². The molecule has 1 heterocycles. The summed E-state index contributed by atoms with van der Waals surface area (Å²) in [7, 11) is 0. The van der Waals surface area contributed by atoms with E-state index in [0.29, 0.717) is 17.9 Å². The second-order valence-electron chi connectivity index (χ2n) is 8.13. The van der Waals surface area contributed by atoms with Crippen LogP contribution in [0.2, 0.25) is 0 Å². The van der Waals surface area contributed by atoms with Crippen LogP contribution in [-0.2, 0) is 4.79 Å². The summed E-state index contributed by atoms with van der Waals surface area (Å²) in [5.41, 5.74) is 0. The maximum absolute atomic E-state index is 13.1. The summed E-state index contributed by atoms with van der Waals surface area (Å²) in [6.07, 6.45) is 9.34. The van der Waals surface area contributed by atoms with Crippen LogP contribution in [-0.4, -0.2) is 34.6 Å². The van der Waals surface area contributed by atoms with E-state index >= 15 is 0 Å². The van der Waals surface area contributed by atoms with Gasteiger partial charge in [-0.25, -0.2) is 0 Å². The highest BCUT2D eigenvalue weighted by Gasteiger charge is 2.68. The zero-order valence-electron chi connectivity index (χ0n) is 13.2. The lowest BCUT2D eigenvalue weighted by Gasteiger charge is -2.32. The topological polar surface area (TPSA) is 40.5 Å². The summed E-state index contributed by atoms with van der Waals surface area (Å²) in [6, 6.07) is 0.291. The Morgan fingerprint density at radius 3 is 2.52 bits per heavy atom. The van der Waals surface area contributed by atoms with Gasteiger partial charge in [-0.15, -0.1) is 0 Å². The first-order valence-corrected chi connectivity index (χ1v) is 9.15. The monoisotopic (exact) mass is 291 g/mol. The zero-order valence-corrected chi connectivity index (χ0v) is 13.2. The second-order valence-corrected chi connectivity index (χ2v) is 8.13. The van der Waals surface area contributed by atoms with Crippen molar-refractivity contribution in [3.05, 3.63) is 0 Å². The molecule has 1 saturated heterocycles. The Morgan fingerprint density at radius 1 is 1.14 bits per heavy atom. The van der Waals surface area contributed by atoms with Gasteiger partial charge in [0.2, 0.25) is 5.91 Å². The van der Waals surface area contributed by atoms with Crippen molar-refractivity contribution >= 4 is 5.91 Å². The number of likely N-dealkylation sites (tertiary alicyclic amines) is 1. The van der Waals surface area contributed by atoms with Gasteiger partial charge in [0, 0.05) is 18.5 Å². The van der Waals surface area contributed by atoms with Crippen molar-refractivity contribution in [3.8, 4) is 0 Å². The van der Waals surface area contributed by atoms with Crippen molar-refractivity contribution in [3.63, 3.8) is 0 Å². The molecule has 0 spiro atoms. The largest absolute Gasteiger partial charge is 0.393 e. The third kappa shape index (κ3) is 2.32. The molecule has 21 heavy (non-hydrogen) atoms. The second kappa shape index (κ2) is 5.26. The maximum atomic E-state index is 13.1.